The summed E-state index contributed by atoms with van der Waals surface area (Å²) in [5, 5.41) is 8.53. The van der Waals surface area contributed by atoms with Gasteiger partial charge in [-0.2, -0.15) is 0 Å². The fourth-order valence-electron chi connectivity index (χ4n) is 3.01. The van der Waals surface area contributed by atoms with E-state index in [1.165, 1.54) is 0 Å². The first kappa shape index (κ1) is 17.2. The molecule has 0 saturated carbocycles. The zero-order chi connectivity index (χ0) is 17.5. The molecule has 130 valence electrons. The van der Waals surface area contributed by atoms with Crippen LogP contribution in [0.4, 0.5) is 4.79 Å². The van der Waals surface area contributed by atoms with Crippen molar-refractivity contribution in [2.75, 3.05) is 6.54 Å². The van der Waals surface area contributed by atoms with Gasteiger partial charge in [0.15, 0.2) is 0 Å². The van der Waals surface area contributed by atoms with Crippen LogP contribution in [0.2, 0.25) is 0 Å². The van der Waals surface area contributed by atoms with Crippen LogP contribution in [0.5, 0.6) is 0 Å². The van der Waals surface area contributed by atoms with E-state index in [1.807, 2.05) is 49.4 Å². The van der Waals surface area contributed by atoms with Crippen LogP contribution < -0.4 is 0 Å². The lowest BCUT2D eigenvalue weighted by atomic mass is 10.2. The molecule has 1 atom stereocenters. The molecular weight excluding hydrogens is 372 g/mol. The highest BCUT2D eigenvalue weighted by atomic mass is 79.9. The second kappa shape index (κ2) is 6.35. The molecule has 1 unspecified atom stereocenters. The molecule has 0 aliphatic carbocycles. The van der Waals surface area contributed by atoms with Crippen LogP contribution in [0.1, 0.15) is 39.2 Å². The van der Waals surface area contributed by atoms with Gasteiger partial charge < -0.3 is 9.64 Å². The van der Waals surface area contributed by atoms with Crippen molar-refractivity contribution in [3.63, 3.8) is 0 Å². The Morgan fingerprint density at radius 1 is 1.42 bits per heavy atom. The number of carbonyl (C=O) groups excluding carboxylic acids is 1. The van der Waals surface area contributed by atoms with E-state index in [9.17, 15) is 4.79 Å². The number of aromatic nitrogens is 3. The lowest BCUT2D eigenvalue weighted by Gasteiger charge is -2.28. The van der Waals surface area contributed by atoms with Crippen molar-refractivity contribution in [1.29, 1.82) is 0 Å². The Morgan fingerprint density at radius 3 is 2.88 bits per heavy atom. The summed E-state index contributed by atoms with van der Waals surface area (Å²) >= 11 is 3.56. The number of benzene rings is 1. The summed E-state index contributed by atoms with van der Waals surface area (Å²) in [6, 6.07) is 4.14. The topological polar surface area (TPSA) is 60.2 Å². The molecule has 0 bridgehead atoms. The molecule has 24 heavy (non-hydrogen) atoms. The van der Waals surface area contributed by atoms with Crippen molar-refractivity contribution in [3.8, 4) is 0 Å². The van der Waals surface area contributed by atoms with E-state index < -0.39 is 5.60 Å². The van der Waals surface area contributed by atoms with E-state index in [-0.39, 0.29) is 12.1 Å². The lowest BCUT2D eigenvalue weighted by Crippen LogP contribution is -2.41. The number of hydrogen-bond donors (Lipinski definition) is 0. The molecule has 1 aromatic carbocycles. The number of rotatable bonds is 2. The van der Waals surface area contributed by atoms with Crippen molar-refractivity contribution in [2.24, 2.45) is 0 Å². The largest absolute Gasteiger partial charge is 0.444 e. The minimum Gasteiger partial charge on any atom is -0.444 e. The van der Waals surface area contributed by atoms with Crippen molar-refractivity contribution in [2.45, 2.75) is 58.7 Å². The summed E-state index contributed by atoms with van der Waals surface area (Å²) < 4.78 is 8.45. The maximum absolute atomic E-state index is 12.4. The molecule has 1 aromatic heterocycles. The van der Waals surface area contributed by atoms with Gasteiger partial charge in [0.05, 0.1) is 18.1 Å². The number of likely N-dealkylation sites (tertiary alicyclic amines) is 1. The van der Waals surface area contributed by atoms with Crippen molar-refractivity contribution in [1.82, 2.24) is 19.9 Å². The Kier molecular flexibility index (Phi) is 4.55. The van der Waals surface area contributed by atoms with Gasteiger partial charge in [-0.3, -0.25) is 0 Å². The van der Waals surface area contributed by atoms with Gasteiger partial charge in [0.1, 0.15) is 11.1 Å². The second-order valence-corrected chi connectivity index (χ2v) is 8.19. The fourth-order valence-corrected chi connectivity index (χ4v) is 3.35. The number of halogens is 1. The molecule has 1 aliphatic rings. The minimum absolute atomic E-state index is 0.0878. The van der Waals surface area contributed by atoms with Gasteiger partial charge in [-0.15, -0.1) is 5.10 Å². The Balaban J connectivity index is 1.80. The first-order valence-corrected chi connectivity index (χ1v) is 9.03. The molecule has 6 nitrogen and oxygen atoms in total. The van der Waals surface area contributed by atoms with E-state index >= 15 is 0 Å². The smallest absolute Gasteiger partial charge is 0.410 e. The third-order valence-electron chi connectivity index (χ3n) is 4.18. The molecule has 1 amide bonds. The van der Waals surface area contributed by atoms with Crippen LogP contribution in [0.15, 0.2) is 16.6 Å². The SMILES string of the molecule is Cc1cc2nnn(CC3CCCN3C(=O)OC(C)(C)C)c2cc1Br. The predicted octanol–water partition coefficient (Wildman–Crippen LogP) is 3.90. The molecule has 0 radical (unpaired) electrons. The van der Waals surface area contributed by atoms with Crippen molar-refractivity contribution in [3.05, 3.63) is 22.2 Å². The summed E-state index contributed by atoms with van der Waals surface area (Å²) in [6.07, 6.45) is 1.69. The molecule has 0 spiro atoms. The van der Waals surface area contributed by atoms with Gasteiger partial charge >= 0.3 is 6.09 Å². The monoisotopic (exact) mass is 394 g/mol. The van der Waals surface area contributed by atoms with Gasteiger partial charge in [0, 0.05) is 11.0 Å². The molecule has 3 rings (SSSR count). The van der Waals surface area contributed by atoms with Crippen LogP contribution in [0, 0.1) is 6.92 Å². The normalized spacial score (nSPS) is 18.4. The van der Waals surface area contributed by atoms with Crippen molar-refractivity contribution < 1.29 is 9.53 Å². The summed E-state index contributed by atoms with van der Waals surface area (Å²) in [5.41, 5.74) is 2.50. The molecule has 0 N–H and O–H groups in total. The fraction of sp³-hybridized carbons (Fsp3) is 0.588. The Bertz CT molecular complexity index is 766. The molecule has 2 aromatic rings. The van der Waals surface area contributed by atoms with Gasteiger partial charge in [-0.05, 0) is 58.2 Å². The maximum atomic E-state index is 12.4. The average Bonchev–Trinajstić information content (AvgIpc) is 3.06. The van der Waals surface area contributed by atoms with E-state index in [2.05, 4.69) is 26.2 Å². The van der Waals surface area contributed by atoms with Gasteiger partial charge in [0.25, 0.3) is 0 Å². The van der Waals surface area contributed by atoms with Crippen LogP contribution in [0.3, 0.4) is 0 Å². The standard InChI is InChI=1S/C17H23BrN4O2/c1-11-8-14-15(9-13(11)18)22(20-19-14)10-12-6-5-7-21(12)16(23)24-17(2,3)4/h8-9,12H,5-7,10H2,1-4H3. The summed E-state index contributed by atoms with van der Waals surface area (Å²) in [7, 11) is 0. The third-order valence-corrected chi connectivity index (χ3v) is 5.04. The number of hydrogen-bond acceptors (Lipinski definition) is 4. The van der Waals surface area contributed by atoms with Crippen LogP contribution in [0.25, 0.3) is 11.0 Å². The quantitative estimate of drug-likeness (QED) is 0.774. The van der Waals surface area contributed by atoms with Gasteiger partial charge in [-0.25, -0.2) is 9.48 Å². The minimum atomic E-state index is -0.480. The molecule has 2 heterocycles. The van der Waals surface area contributed by atoms with Crippen LogP contribution in [-0.2, 0) is 11.3 Å². The number of aryl methyl sites for hydroxylation is 1. The molecule has 1 aliphatic heterocycles. The molecule has 1 fully saturated rings. The van der Waals surface area contributed by atoms with E-state index in [4.69, 9.17) is 4.74 Å². The summed E-state index contributed by atoms with van der Waals surface area (Å²) in [4.78, 5) is 14.2. The molecule has 1 saturated heterocycles. The molecule has 7 heteroatoms. The third kappa shape index (κ3) is 3.55. The Labute approximate surface area is 150 Å². The number of ether oxygens (including phenoxy) is 1. The number of nitrogens with zero attached hydrogens (tertiary/aromatic N) is 4. The Hall–Kier alpha value is -1.63. The first-order chi connectivity index (χ1) is 11.2. The average molecular weight is 395 g/mol. The summed E-state index contributed by atoms with van der Waals surface area (Å²) in [6.45, 7) is 9.06. The predicted molar refractivity (Wildman–Crippen MR) is 95.9 cm³/mol. The van der Waals surface area contributed by atoms with Crippen LogP contribution >= 0.6 is 15.9 Å². The van der Waals surface area contributed by atoms with E-state index in [1.54, 1.807) is 0 Å². The van der Waals surface area contributed by atoms with Gasteiger partial charge in [0.2, 0.25) is 0 Å². The van der Waals surface area contributed by atoms with Crippen molar-refractivity contribution >= 4 is 33.1 Å². The highest BCUT2D eigenvalue weighted by Gasteiger charge is 2.32. The number of fused-ring (bicyclic) bond motifs is 1. The van der Waals surface area contributed by atoms with Gasteiger partial charge in [-0.1, -0.05) is 21.1 Å². The summed E-state index contributed by atoms with van der Waals surface area (Å²) in [5.74, 6) is 0. The maximum Gasteiger partial charge on any atom is 0.410 e. The second-order valence-electron chi connectivity index (χ2n) is 7.33. The first-order valence-electron chi connectivity index (χ1n) is 8.23. The van der Waals surface area contributed by atoms with E-state index in [0.717, 1.165) is 40.5 Å². The lowest BCUT2D eigenvalue weighted by molar-refractivity contribution is 0.0212. The molecular formula is C17H23BrN4O2. The van der Waals surface area contributed by atoms with E-state index in [0.29, 0.717) is 6.54 Å². The number of carbonyl (C=O) groups is 1. The zero-order valence-corrected chi connectivity index (χ0v) is 16.1. The Morgan fingerprint density at radius 2 is 2.17 bits per heavy atom. The number of amides is 1. The highest BCUT2D eigenvalue weighted by Crippen LogP contribution is 2.25. The highest BCUT2D eigenvalue weighted by molar-refractivity contribution is 9.10. The van der Waals surface area contributed by atoms with Crippen LogP contribution in [-0.4, -0.2) is 44.2 Å². The zero-order valence-electron chi connectivity index (χ0n) is 14.5.